The molecule has 1 atom stereocenters. The molecule has 1 aromatic heterocycles. The second-order valence-electron chi connectivity index (χ2n) is 5.94. The van der Waals surface area contributed by atoms with Crippen LogP contribution in [0.2, 0.25) is 0 Å². The average molecular weight is 309 g/mol. The zero-order valence-electron chi connectivity index (χ0n) is 12.9. The van der Waals surface area contributed by atoms with E-state index in [1.54, 1.807) is 12.4 Å². The van der Waals surface area contributed by atoms with Gasteiger partial charge in [-0.25, -0.2) is 0 Å². The smallest absolute Gasteiger partial charge is 0.170 e. The highest BCUT2D eigenvalue weighted by Crippen LogP contribution is 2.36. The molecule has 5 nitrogen and oxygen atoms in total. The van der Waals surface area contributed by atoms with Gasteiger partial charge in [0.2, 0.25) is 0 Å². The molecule has 5 heteroatoms. The Bertz CT molecular complexity index is 711. The minimum Gasteiger partial charge on any atom is -0.484 e. The van der Waals surface area contributed by atoms with Crippen molar-refractivity contribution < 1.29 is 9.53 Å². The van der Waals surface area contributed by atoms with Gasteiger partial charge in [0, 0.05) is 49.8 Å². The minimum atomic E-state index is -0.242. The van der Waals surface area contributed by atoms with Gasteiger partial charge in [-0.05, 0) is 24.3 Å². The quantitative estimate of drug-likeness (QED) is 0.921. The van der Waals surface area contributed by atoms with E-state index in [1.165, 1.54) is 0 Å². The van der Waals surface area contributed by atoms with Gasteiger partial charge >= 0.3 is 0 Å². The van der Waals surface area contributed by atoms with Crippen molar-refractivity contribution in [1.29, 1.82) is 0 Å². The van der Waals surface area contributed by atoms with Crippen LogP contribution >= 0.6 is 0 Å². The predicted molar refractivity (Wildman–Crippen MR) is 88.1 cm³/mol. The van der Waals surface area contributed by atoms with Crippen molar-refractivity contribution in [2.45, 2.75) is 12.5 Å². The number of ether oxygens (including phenoxy) is 1. The molecule has 1 aromatic carbocycles. The summed E-state index contributed by atoms with van der Waals surface area (Å²) < 4.78 is 6.04. The fourth-order valence-corrected chi connectivity index (χ4v) is 3.18. The molecular weight excluding hydrogens is 290 g/mol. The predicted octanol–water partition coefficient (Wildman–Crippen LogP) is 2.20. The fourth-order valence-electron chi connectivity index (χ4n) is 3.18. The van der Waals surface area contributed by atoms with Gasteiger partial charge < -0.3 is 15.0 Å². The van der Waals surface area contributed by atoms with Crippen LogP contribution in [0.5, 0.6) is 5.75 Å². The van der Waals surface area contributed by atoms with Gasteiger partial charge in [0.25, 0.3) is 0 Å². The molecule has 1 fully saturated rings. The number of fused-ring (bicyclic) bond motifs is 1. The summed E-state index contributed by atoms with van der Waals surface area (Å²) in [4.78, 5) is 19.0. The number of nitrogens with one attached hydrogen (secondary N) is 1. The monoisotopic (exact) mass is 309 g/mol. The Kier molecular flexibility index (Phi) is 3.71. The molecule has 2 aliphatic heterocycles. The highest BCUT2D eigenvalue weighted by Gasteiger charge is 2.28. The van der Waals surface area contributed by atoms with Crippen molar-refractivity contribution in [2.24, 2.45) is 0 Å². The normalized spacial score (nSPS) is 20.8. The van der Waals surface area contributed by atoms with Gasteiger partial charge in [-0.15, -0.1) is 0 Å². The maximum atomic E-state index is 12.6. The highest BCUT2D eigenvalue weighted by atomic mass is 16.5. The summed E-state index contributed by atoms with van der Waals surface area (Å²) in [5.74, 6) is 0.811. The number of carbonyl (C=O) groups excluding carboxylic acids is 1. The highest BCUT2D eigenvalue weighted by molar-refractivity contribution is 6.00. The summed E-state index contributed by atoms with van der Waals surface area (Å²) in [7, 11) is 0. The van der Waals surface area contributed by atoms with Crippen LogP contribution in [0.25, 0.3) is 0 Å². The van der Waals surface area contributed by atoms with E-state index in [4.69, 9.17) is 4.74 Å². The fraction of sp³-hybridized carbons (Fsp3) is 0.333. The van der Waals surface area contributed by atoms with Crippen LogP contribution in [-0.2, 0) is 0 Å². The van der Waals surface area contributed by atoms with Crippen molar-refractivity contribution in [1.82, 2.24) is 10.3 Å². The van der Waals surface area contributed by atoms with Gasteiger partial charge in [0.15, 0.2) is 5.78 Å². The van der Waals surface area contributed by atoms with Crippen molar-refractivity contribution in [3.63, 3.8) is 0 Å². The third-order valence-electron chi connectivity index (χ3n) is 4.44. The van der Waals surface area contributed by atoms with Crippen LogP contribution in [0.15, 0.2) is 42.7 Å². The largest absolute Gasteiger partial charge is 0.484 e. The third-order valence-corrected chi connectivity index (χ3v) is 4.44. The number of hydrogen-bond donors (Lipinski definition) is 1. The minimum absolute atomic E-state index is 0.136. The molecule has 118 valence electrons. The van der Waals surface area contributed by atoms with Crippen LogP contribution in [0, 0.1) is 0 Å². The summed E-state index contributed by atoms with van der Waals surface area (Å²) >= 11 is 0. The molecule has 0 spiro atoms. The van der Waals surface area contributed by atoms with Gasteiger partial charge in [0.05, 0.1) is 12.0 Å². The third kappa shape index (κ3) is 2.80. The van der Waals surface area contributed by atoms with E-state index in [9.17, 15) is 4.79 Å². The zero-order chi connectivity index (χ0) is 15.6. The number of anilines is 1. The van der Waals surface area contributed by atoms with E-state index in [2.05, 4.69) is 15.2 Å². The molecule has 0 bridgehead atoms. The molecule has 2 aliphatic rings. The van der Waals surface area contributed by atoms with E-state index in [0.29, 0.717) is 17.7 Å². The molecule has 23 heavy (non-hydrogen) atoms. The van der Waals surface area contributed by atoms with Crippen LogP contribution in [0.4, 0.5) is 5.69 Å². The summed E-state index contributed by atoms with van der Waals surface area (Å²) in [5.41, 5.74) is 2.74. The van der Waals surface area contributed by atoms with Crippen LogP contribution in [0.1, 0.15) is 28.4 Å². The lowest BCUT2D eigenvalue weighted by molar-refractivity contribution is 0.0850. The number of nitrogens with zero attached hydrogens (tertiary/aromatic N) is 2. The topological polar surface area (TPSA) is 54.5 Å². The molecule has 0 radical (unpaired) electrons. The molecule has 0 aliphatic carbocycles. The molecule has 0 saturated carbocycles. The Hall–Kier alpha value is -2.40. The summed E-state index contributed by atoms with van der Waals surface area (Å²) in [5, 5.41) is 3.34. The average Bonchev–Trinajstić information content (AvgIpc) is 2.63. The number of ketones is 1. The lowest BCUT2D eigenvalue weighted by Crippen LogP contribution is -2.43. The Morgan fingerprint density at radius 2 is 2.09 bits per heavy atom. The van der Waals surface area contributed by atoms with Gasteiger partial charge in [-0.1, -0.05) is 6.07 Å². The Morgan fingerprint density at radius 1 is 1.22 bits per heavy atom. The van der Waals surface area contributed by atoms with E-state index in [-0.39, 0.29) is 11.9 Å². The van der Waals surface area contributed by atoms with E-state index >= 15 is 0 Å². The molecule has 3 heterocycles. The first-order valence-electron chi connectivity index (χ1n) is 8.01. The number of aromatic nitrogens is 1. The van der Waals surface area contributed by atoms with Crippen LogP contribution < -0.4 is 15.0 Å². The SMILES string of the molecule is O=C1CC(c2cccnc2)Oc2ccc(N3CCNCC3)cc21. The molecule has 0 amide bonds. The first kappa shape index (κ1) is 14.2. The van der Waals surface area contributed by atoms with Gasteiger partial charge in [-0.2, -0.15) is 0 Å². The van der Waals surface area contributed by atoms with Crippen molar-refractivity contribution in [2.75, 3.05) is 31.1 Å². The molecule has 1 unspecified atom stereocenters. The number of rotatable bonds is 2. The number of benzene rings is 1. The number of carbonyl (C=O) groups is 1. The summed E-state index contributed by atoms with van der Waals surface area (Å²) in [6, 6.07) is 9.76. The first-order chi connectivity index (χ1) is 11.3. The Morgan fingerprint density at radius 3 is 2.87 bits per heavy atom. The van der Waals surface area contributed by atoms with E-state index in [1.807, 2.05) is 30.3 Å². The molecule has 1 N–H and O–H groups in total. The lowest BCUT2D eigenvalue weighted by atomic mass is 9.96. The van der Waals surface area contributed by atoms with Crippen LogP contribution in [0.3, 0.4) is 0 Å². The van der Waals surface area contributed by atoms with Crippen molar-refractivity contribution in [3.8, 4) is 5.75 Å². The van der Waals surface area contributed by atoms with E-state index in [0.717, 1.165) is 37.4 Å². The van der Waals surface area contributed by atoms with E-state index < -0.39 is 0 Å². The van der Waals surface area contributed by atoms with Gasteiger partial charge in [-0.3, -0.25) is 9.78 Å². The summed E-state index contributed by atoms with van der Waals surface area (Å²) in [6.45, 7) is 3.88. The number of pyridine rings is 1. The molecule has 4 rings (SSSR count). The Labute approximate surface area is 135 Å². The van der Waals surface area contributed by atoms with Crippen molar-refractivity contribution >= 4 is 11.5 Å². The Balaban J connectivity index is 1.61. The zero-order valence-corrected chi connectivity index (χ0v) is 12.9. The first-order valence-corrected chi connectivity index (χ1v) is 8.01. The number of piperazine rings is 1. The molecule has 1 saturated heterocycles. The standard InChI is InChI=1S/C18H19N3O2/c22-16-11-18(13-2-1-5-20-12-13)23-17-4-3-14(10-15(16)17)21-8-6-19-7-9-21/h1-5,10,12,18-19H,6-9,11H2. The maximum absolute atomic E-state index is 12.6. The van der Waals surface area contributed by atoms with Crippen LogP contribution in [-0.4, -0.2) is 36.9 Å². The van der Waals surface area contributed by atoms with Crippen molar-refractivity contribution in [3.05, 3.63) is 53.9 Å². The second-order valence-corrected chi connectivity index (χ2v) is 5.94. The lowest BCUT2D eigenvalue weighted by Gasteiger charge is -2.31. The van der Waals surface area contributed by atoms with Gasteiger partial charge in [0.1, 0.15) is 11.9 Å². The second kappa shape index (κ2) is 6.01. The number of Topliss-reactive ketones (excluding diaryl/α,β-unsaturated/α-hetero) is 1. The molecular formula is C18H19N3O2. The summed E-state index contributed by atoms with van der Waals surface area (Å²) in [6.07, 6.45) is 3.61. The number of hydrogen-bond acceptors (Lipinski definition) is 5. The molecule has 2 aromatic rings. The maximum Gasteiger partial charge on any atom is 0.170 e.